The largest absolute Gasteiger partial charge is 0.0719 e. The van der Waals surface area contributed by atoms with E-state index < -0.39 is 0 Å². The highest BCUT2D eigenvalue weighted by molar-refractivity contribution is 6.25. The van der Waals surface area contributed by atoms with Gasteiger partial charge in [0.1, 0.15) is 0 Å². The Hall–Kier alpha value is -9.62. The van der Waals surface area contributed by atoms with Gasteiger partial charge >= 0.3 is 0 Å². The van der Waals surface area contributed by atoms with E-state index in [1.165, 1.54) is 165 Å². The van der Waals surface area contributed by atoms with Crippen LogP contribution >= 0.6 is 0 Å². The molecule has 0 heteroatoms. The van der Waals surface area contributed by atoms with E-state index in [-0.39, 0.29) is 11.8 Å². The third-order valence-electron chi connectivity index (χ3n) is 17.5. The number of benzene rings is 13. The van der Waals surface area contributed by atoms with Gasteiger partial charge in [0.2, 0.25) is 0 Å². The Kier molecular flexibility index (Phi) is 8.77. The summed E-state index contributed by atoms with van der Waals surface area (Å²) in [6.45, 7) is 0. The highest BCUT2D eigenvalue weighted by Gasteiger charge is 2.42. The molecule has 2 unspecified atom stereocenters. The summed E-state index contributed by atoms with van der Waals surface area (Å²) in [7, 11) is 0. The van der Waals surface area contributed by atoms with Crippen LogP contribution in [0.25, 0.3) is 144 Å². The molecule has 13 aromatic rings. The normalized spacial score (nSPS) is 15.0. The Morgan fingerprint density at radius 3 is 1.03 bits per heavy atom. The van der Waals surface area contributed by atoms with Crippen molar-refractivity contribution in [2.45, 2.75) is 11.8 Å². The fraction of sp³-hybridized carbons (Fsp3) is 0.0263. The second-order valence-corrected chi connectivity index (χ2v) is 21.1. The molecule has 0 aromatic heterocycles. The van der Waals surface area contributed by atoms with Gasteiger partial charge in [0.25, 0.3) is 0 Å². The third kappa shape index (κ3) is 5.63. The van der Waals surface area contributed by atoms with E-state index in [1.807, 2.05) is 0 Å². The summed E-state index contributed by atoms with van der Waals surface area (Å²) in [5.74, 6) is 0.129. The van der Waals surface area contributed by atoms with E-state index in [4.69, 9.17) is 0 Å². The molecule has 17 rings (SSSR count). The molecule has 0 N–H and O–H groups in total. The summed E-state index contributed by atoms with van der Waals surface area (Å²) in [4.78, 5) is 0. The highest BCUT2D eigenvalue weighted by atomic mass is 14.4. The number of fused-ring (bicyclic) bond motifs is 10. The Morgan fingerprint density at radius 1 is 0.197 bits per heavy atom. The van der Waals surface area contributed by atoms with E-state index >= 15 is 0 Å². The predicted octanol–water partition coefficient (Wildman–Crippen LogP) is 20.6. The molecule has 0 amide bonds. The van der Waals surface area contributed by atoms with Crippen molar-refractivity contribution in [1.29, 1.82) is 0 Å². The number of allylic oxidation sites excluding steroid dienone is 2. The minimum atomic E-state index is 0.0591. The highest BCUT2D eigenvalue weighted by Crippen LogP contribution is 2.64. The summed E-state index contributed by atoms with van der Waals surface area (Å²) in [6.07, 6.45) is 10.1. The van der Waals surface area contributed by atoms with Gasteiger partial charge in [-0.25, -0.2) is 0 Å². The standard InChI is InChI=1S/C76H46/c1-5-21-45(22-6-1)49-29-13-15-31-51(49)69-55-35-19-17-33-53(55)65(47-25-9-3-10-26-47)73-61-41-37-57-58-38-42-62-72-64(44-40-60(68(58)72)59-39-43-63(75(69)73)71(61)67(57)59)76-70(52-32-16-14-30-50(52)46-23-7-2-8-24-46)56-36-20-18-34-54(56)66(74(62)76)48-27-11-4-12-28-48/h1-44,61,64H. The van der Waals surface area contributed by atoms with Gasteiger partial charge in [-0.3, -0.25) is 0 Å². The molecule has 350 valence electrons. The first-order valence-corrected chi connectivity index (χ1v) is 26.8. The summed E-state index contributed by atoms with van der Waals surface area (Å²) in [6, 6.07) is 90.7. The van der Waals surface area contributed by atoms with Crippen molar-refractivity contribution in [2.24, 2.45) is 0 Å². The van der Waals surface area contributed by atoms with E-state index in [0.29, 0.717) is 0 Å². The Balaban J connectivity index is 0.965. The van der Waals surface area contributed by atoms with Crippen LogP contribution in [0.15, 0.2) is 255 Å². The first kappa shape index (κ1) is 41.8. The van der Waals surface area contributed by atoms with Crippen molar-refractivity contribution in [3.8, 4) is 89.0 Å². The SMILES string of the molecule is C1=CC2c3c(c(-c4ccccc4-c4ccccc4)c4ccccc4c3-c3ccccc3)-c3ccc4c5c6c7c(ccc6c1c4c32)-c1c(c(-c2ccccc2-c2ccccc2)c2ccccc2c1-c1ccccc1)C7C=C5. The molecule has 0 bridgehead atoms. The molecule has 4 aliphatic carbocycles. The zero-order chi connectivity index (χ0) is 49.6. The zero-order valence-electron chi connectivity index (χ0n) is 41.6. The molecular formula is C76H46. The average molecular weight is 959 g/mol. The van der Waals surface area contributed by atoms with Crippen LogP contribution in [0.2, 0.25) is 0 Å². The molecule has 0 saturated heterocycles. The Morgan fingerprint density at radius 2 is 0.539 bits per heavy atom. The van der Waals surface area contributed by atoms with Gasteiger partial charge in [-0.05, 0) is 165 Å². The van der Waals surface area contributed by atoms with Crippen molar-refractivity contribution in [3.63, 3.8) is 0 Å². The minimum Gasteiger partial charge on any atom is -0.0719 e. The van der Waals surface area contributed by atoms with Crippen LogP contribution in [0.1, 0.15) is 45.2 Å². The number of hydrogen-bond donors (Lipinski definition) is 0. The van der Waals surface area contributed by atoms with E-state index in [0.717, 1.165) is 0 Å². The van der Waals surface area contributed by atoms with Crippen molar-refractivity contribution >= 4 is 55.2 Å². The fourth-order valence-electron chi connectivity index (χ4n) is 14.7. The summed E-state index contributed by atoms with van der Waals surface area (Å²) in [5, 5.41) is 10.6. The van der Waals surface area contributed by atoms with Gasteiger partial charge in [-0.1, -0.05) is 267 Å². The molecule has 0 radical (unpaired) electrons. The Bertz CT molecular complexity index is 4710. The second-order valence-electron chi connectivity index (χ2n) is 21.1. The Labute approximate surface area is 441 Å². The zero-order valence-corrected chi connectivity index (χ0v) is 41.6. The maximum atomic E-state index is 2.56. The molecule has 0 spiro atoms. The van der Waals surface area contributed by atoms with Crippen LogP contribution in [0.4, 0.5) is 0 Å². The van der Waals surface area contributed by atoms with E-state index in [9.17, 15) is 0 Å². The molecule has 2 atom stereocenters. The van der Waals surface area contributed by atoms with E-state index in [2.05, 4.69) is 267 Å². The first-order valence-electron chi connectivity index (χ1n) is 26.8. The maximum Gasteiger partial charge on any atom is 0.0298 e. The predicted molar refractivity (Wildman–Crippen MR) is 322 cm³/mol. The van der Waals surface area contributed by atoms with Crippen molar-refractivity contribution in [2.75, 3.05) is 0 Å². The van der Waals surface area contributed by atoms with Crippen LogP contribution < -0.4 is 0 Å². The second kappa shape index (κ2) is 15.9. The van der Waals surface area contributed by atoms with Crippen molar-refractivity contribution in [1.82, 2.24) is 0 Å². The van der Waals surface area contributed by atoms with Crippen molar-refractivity contribution in [3.05, 3.63) is 288 Å². The molecule has 76 heavy (non-hydrogen) atoms. The van der Waals surface area contributed by atoms with Crippen molar-refractivity contribution < 1.29 is 0 Å². The van der Waals surface area contributed by atoms with Crippen LogP contribution in [0.3, 0.4) is 0 Å². The fourth-order valence-corrected chi connectivity index (χ4v) is 14.7. The van der Waals surface area contributed by atoms with Crippen LogP contribution in [-0.2, 0) is 0 Å². The van der Waals surface area contributed by atoms with Gasteiger partial charge in [-0.15, -0.1) is 0 Å². The molecular weight excluding hydrogens is 913 g/mol. The lowest BCUT2D eigenvalue weighted by Gasteiger charge is -2.27. The lowest BCUT2D eigenvalue weighted by Crippen LogP contribution is -2.06. The summed E-state index contributed by atoms with van der Waals surface area (Å²) in [5.41, 5.74) is 29.1. The van der Waals surface area contributed by atoms with Crippen LogP contribution in [0, 0.1) is 0 Å². The molecule has 0 nitrogen and oxygen atoms in total. The number of hydrogen-bond acceptors (Lipinski definition) is 0. The van der Waals surface area contributed by atoms with E-state index in [1.54, 1.807) is 0 Å². The lowest BCUT2D eigenvalue weighted by atomic mass is 9.76. The van der Waals surface area contributed by atoms with Crippen LogP contribution in [0.5, 0.6) is 0 Å². The van der Waals surface area contributed by atoms with Gasteiger partial charge < -0.3 is 0 Å². The molecule has 0 heterocycles. The smallest absolute Gasteiger partial charge is 0.0298 e. The number of rotatable bonds is 6. The molecule has 0 fully saturated rings. The summed E-state index contributed by atoms with van der Waals surface area (Å²) < 4.78 is 0. The lowest BCUT2D eigenvalue weighted by molar-refractivity contribution is 1.08. The topological polar surface area (TPSA) is 0 Å². The summed E-state index contributed by atoms with van der Waals surface area (Å²) >= 11 is 0. The van der Waals surface area contributed by atoms with Crippen LogP contribution in [-0.4, -0.2) is 0 Å². The van der Waals surface area contributed by atoms with Gasteiger partial charge in [0.05, 0.1) is 0 Å². The maximum absolute atomic E-state index is 2.56. The van der Waals surface area contributed by atoms with Gasteiger partial charge in [0.15, 0.2) is 0 Å². The molecule has 0 aliphatic heterocycles. The average Bonchev–Trinajstić information content (AvgIpc) is 4.17. The molecule has 4 aliphatic rings. The molecule has 0 saturated carbocycles. The monoisotopic (exact) mass is 958 g/mol. The van der Waals surface area contributed by atoms with Gasteiger partial charge in [-0.2, -0.15) is 0 Å². The molecule has 13 aromatic carbocycles. The third-order valence-corrected chi connectivity index (χ3v) is 17.5. The quantitative estimate of drug-likeness (QED) is 0.146. The van der Waals surface area contributed by atoms with Gasteiger partial charge in [0, 0.05) is 11.8 Å². The minimum absolute atomic E-state index is 0.0591. The first-order chi connectivity index (χ1) is 37.8.